The zero-order chi connectivity index (χ0) is 22.0. The van der Waals surface area contributed by atoms with Crippen LogP contribution in [-0.4, -0.2) is 44.5 Å². The molecule has 1 unspecified atom stereocenters. The number of guanidine groups is 1. The Morgan fingerprint density at radius 2 is 1.90 bits per heavy atom. The molecule has 0 aliphatic heterocycles. The molecule has 0 fully saturated rings. The number of methoxy groups -OCH3 is 1. The van der Waals surface area contributed by atoms with Gasteiger partial charge in [0.15, 0.2) is 5.96 Å². The van der Waals surface area contributed by atoms with Gasteiger partial charge in [-0.15, -0.1) is 24.0 Å². The first-order valence-electron chi connectivity index (χ1n) is 10.4. The lowest BCUT2D eigenvalue weighted by atomic mass is 9.96. The smallest absolute Gasteiger partial charge is 0.191 e. The molecule has 0 aliphatic rings. The van der Waals surface area contributed by atoms with Crippen molar-refractivity contribution in [3.05, 3.63) is 53.0 Å². The van der Waals surface area contributed by atoms with Crippen molar-refractivity contribution in [3.63, 3.8) is 0 Å². The Hall–Kier alpha value is -1.78. The maximum absolute atomic E-state index is 11.0. The number of benzene rings is 1. The molecule has 31 heavy (non-hydrogen) atoms. The van der Waals surface area contributed by atoms with Gasteiger partial charge in [0.1, 0.15) is 22.9 Å². The molecule has 1 atom stereocenters. The van der Waals surface area contributed by atoms with Gasteiger partial charge < -0.3 is 29.6 Å². The van der Waals surface area contributed by atoms with E-state index in [0.29, 0.717) is 32.3 Å². The van der Waals surface area contributed by atoms with Crippen LogP contribution in [0, 0.1) is 13.8 Å². The lowest BCUT2D eigenvalue weighted by molar-refractivity contribution is 0.0601. The Morgan fingerprint density at radius 3 is 2.48 bits per heavy atom. The summed E-state index contributed by atoms with van der Waals surface area (Å²) in [7, 11) is 1.65. The SMILES string of the molecule is CCOCCCNC(=NCc1ccc(OC)cc1)NCC(C)(O)c1cc(C)oc1C.I. The van der Waals surface area contributed by atoms with E-state index in [2.05, 4.69) is 15.6 Å². The summed E-state index contributed by atoms with van der Waals surface area (Å²) in [6.07, 6.45) is 0.869. The van der Waals surface area contributed by atoms with Gasteiger partial charge in [-0.25, -0.2) is 4.99 Å². The molecule has 0 bridgehead atoms. The number of aliphatic hydroxyl groups is 1. The Morgan fingerprint density at radius 1 is 1.19 bits per heavy atom. The number of halogens is 1. The van der Waals surface area contributed by atoms with Gasteiger partial charge in [-0.1, -0.05) is 12.1 Å². The molecule has 3 N–H and O–H groups in total. The van der Waals surface area contributed by atoms with Gasteiger partial charge in [-0.05, 0) is 57.9 Å². The normalized spacial score (nSPS) is 13.3. The molecule has 0 spiro atoms. The van der Waals surface area contributed by atoms with Crippen LogP contribution >= 0.6 is 24.0 Å². The molecule has 2 aromatic rings. The first-order valence-corrected chi connectivity index (χ1v) is 10.4. The van der Waals surface area contributed by atoms with Crippen molar-refractivity contribution in [2.24, 2.45) is 4.99 Å². The average Bonchev–Trinajstić information content (AvgIpc) is 3.08. The number of nitrogens with zero attached hydrogens (tertiary/aromatic N) is 1. The van der Waals surface area contributed by atoms with E-state index in [9.17, 15) is 5.11 Å². The van der Waals surface area contributed by atoms with Crippen LogP contribution in [0.3, 0.4) is 0 Å². The molecular formula is C23H36IN3O4. The fraction of sp³-hybridized carbons (Fsp3) is 0.522. The van der Waals surface area contributed by atoms with Crippen molar-refractivity contribution in [3.8, 4) is 5.75 Å². The summed E-state index contributed by atoms with van der Waals surface area (Å²) >= 11 is 0. The van der Waals surface area contributed by atoms with Crippen molar-refractivity contribution in [1.29, 1.82) is 0 Å². The molecule has 0 amide bonds. The summed E-state index contributed by atoms with van der Waals surface area (Å²) in [6, 6.07) is 9.69. The predicted octanol–water partition coefficient (Wildman–Crippen LogP) is 3.89. The summed E-state index contributed by atoms with van der Waals surface area (Å²) in [5.74, 6) is 2.96. The van der Waals surface area contributed by atoms with E-state index in [0.717, 1.165) is 41.4 Å². The number of aryl methyl sites for hydroxylation is 2. The van der Waals surface area contributed by atoms with Crippen LogP contribution in [0.4, 0.5) is 0 Å². The highest BCUT2D eigenvalue weighted by Crippen LogP contribution is 2.26. The van der Waals surface area contributed by atoms with E-state index in [-0.39, 0.29) is 24.0 Å². The number of aliphatic imine (C=N–C) groups is 1. The van der Waals surface area contributed by atoms with E-state index in [1.807, 2.05) is 51.1 Å². The van der Waals surface area contributed by atoms with E-state index >= 15 is 0 Å². The maximum Gasteiger partial charge on any atom is 0.191 e. The van der Waals surface area contributed by atoms with Crippen molar-refractivity contribution in [2.45, 2.75) is 46.3 Å². The minimum Gasteiger partial charge on any atom is -0.497 e. The Balaban J connectivity index is 0.00000480. The Kier molecular flexibility index (Phi) is 12.0. The Labute approximate surface area is 202 Å². The van der Waals surface area contributed by atoms with E-state index < -0.39 is 5.60 Å². The summed E-state index contributed by atoms with van der Waals surface area (Å²) in [4.78, 5) is 4.67. The van der Waals surface area contributed by atoms with Crippen LogP contribution in [-0.2, 0) is 16.9 Å². The van der Waals surface area contributed by atoms with Crippen molar-refractivity contribution >= 4 is 29.9 Å². The predicted molar refractivity (Wildman–Crippen MR) is 134 cm³/mol. The maximum atomic E-state index is 11.0. The van der Waals surface area contributed by atoms with Crippen LogP contribution in [0.25, 0.3) is 0 Å². The highest BCUT2D eigenvalue weighted by molar-refractivity contribution is 14.0. The van der Waals surface area contributed by atoms with Crippen molar-refractivity contribution < 1.29 is 19.0 Å². The average molecular weight is 545 g/mol. The van der Waals surface area contributed by atoms with Crippen molar-refractivity contribution in [1.82, 2.24) is 10.6 Å². The van der Waals surface area contributed by atoms with E-state index in [1.165, 1.54) is 0 Å². The second-order valence-electron chi connectivity index (χ2n) is 7.44. The molecular weight excluding hydrogens is 509 g/mol. The third-order valence-electron chi connectivity index (χ3n) is 4.76. The number of hydrogen-bond acceptors (Lipinski definition) is 5. The lowest BCUT2D eigenvalue weighted by Crippen LogP contribution is -2.45. The van der Waals surface area contributed by atoms with E-state index in [1.54, 1.807) is 14.0 Å². The number of hydrogen-bond donors (Lipinski definition) is 3. The molecule has 0 saturated heterocycles. The molecule has 8 heteroatoms. The topological polar surface area (TPSA) is 88.2 Å². The molecule has 2 rings (SSSR count). The van der Waals surface area contributed by atoms with Crippen molar-refractivity contribution in [2.75, 3.05) is 33.4 Å². The van der Waals surface area contributed by atoms with Gasteiger partial charge in [0.2, 0.25) is 0 Å². The largest absolute Gasteiger partial charge is 0.497 e. The molecule has 174 valence electrons. The second-order valence-corrected chi connectivity index (χ2v) is 7.44. The standard InChI is InChI=1S/C23H35N3O4.HI/c1-6-29-13-7-12-24-22(25-15-19-8-10-20(28-5)11-9-19)26-16-23(4,27)21-14-17(2)30-18(21)3;/h8-11,14,27H,6-7,12-13,15-16H2,1-5H3,(H2,24,25,26);1H. The molecule has 0 aliphatic carbocycles. The van der Waals surface area contributed by atoms with Gasteiger partial charge in [0.05, 0.1) is 20.2 Å². The van der Waals surface area contributed by atoms with Crippen LogP contribution < -0.4 is 15.4 Å². The first kappa shape index (κ1) is 27.3. The van der Waals surface area contributed by atoms with Crippen LogP contribution in [0.5, 0.6) is 5.75 Å². The quantitative estimate of drug-likeness (QED) is 0.172. The minimum atomic E-state index is -1.09. The third-order valence-corrected chi connectivity index (χ3v) is 4.76. The summed E-state index contributed by atoms with van der Waals surface area (Å²) in [5.41, 5.74) is 0.757. The minimum absolute atomic E-state index is 0. The van der Waals surface area contributed by atoms with Gasteiger partial charge in [-0.3, -0.25) is 0 Å². The summed E-state index contributed by atoms with van der Waals surface area (Å²) in [6.45, 7) is 10.4. The molecule has 1 aromatic heterocycles. The van der Waals surface area contributed by atoms with Gasteiger partial charge in [-0.2, -0.15) is 0 Å². The van der Waals surface area contributed by atoms with Crippen LogP contribution in [0.15, 0.2) is 39.7 Å². The zero-order valence-corrected chi connectivity index (χ0v) is 21.5. The summed E-state index contributed by atoms with van der Waals surface area (Å²) in [5, 5.41) is 17.5. The monoisotopic (exact) mass is 545 g/mol. The fourth-order valence-corrected chi connectivity index (χ4v) is 3.12. The highest BCUT2D eigenvalue weighted by Gasteiger charge is 2.27. The number of rotatable bonds is 11. The number of nitrogens with one attached hydrogen (secondary N) is 2. The second kappa shape index (κ2) is 13.6. The third kappa shape index (κ3) is 9.08. The first-order chi connectivity index (χ1) is 14.4. The molecule has 7 nitrogen and oxygen atoms in total. The Bertz CT molecular complexity index is 804. The van der Waals surface area contributed by atoms with Gasteiger partial charge >= 0.3 is 0 Å². The summed E-state index contributed by atoms with van der Waals surface area (Å²) < 4.78 is 16.2. The zero-order valence-electron chi connectivity index (χ0n) is 19.2. The van der Waals surface area contributed by atoms with E-state index in [4.69, 9.17) is 13.9 Å². The number of furan rings is 1. The fourth-order valence-electron chi connectivity index (χ4n) is 3.12. The molecule has 0 saturated carbocycles. The van der Waals surface area contributed by atoms with Crippen LogP contribution in [0.1, 0.15) is 42.9 Å². The lowest BCUT2D eigenvalue weighted by Gasteiger charge is -2.24. The number of ether oxygens (including phenoxy) is 2. The van der Waals surface area contributed by atoms with Crippen LogP contribution in [0.2, 0.25) is 0 Å². The highest BCUT2D eigenvalue weighted by atomic mass is 127. The molecule has 1 aromatic carbocycles. The van der Waals surface area contributed by atoms with Gasteiger partial charge in [0, 0.05) is 25.3 Å². The molecule has 0 radical (unpaired) electrons. The molecule has 1 heterocycles. The van der Waals surface area contributed by atoms with Gasteiger partial charge in [0.25, 0.3) is 0 Å².